The quantitative estimate of drug-likeness (QED) is 0.375. The Morgan fingerprint density at radius 2 is 1.79 bits per heavy atom. The molecule has 0 spiro atoms. The monoisotopic (exact) mass is 559 g/mol. The second-order valence-electron chi connectivity index (χ2n) is 9.09. The highest BCUT2D eigenvalue weighted by Gasteiger charge is 2.33. The van der Waals surface area contributed by atoms with Crippen molar-refractivity contribution >= 4 is 31.6 Å². The molecule has 0 bridgehead atoms. The number of rotatable bonds is 10. The van der Waals surface area contributed by atoms with Crippen LogP contribution in [0.3, 0.4) is 0 Å². The highest BCUT2D eigenvalue weighted by molar-refractivity contribution is 7.92. The van der Waals surface area contributed by atoms with E-state index in [4.69, 9.17) is 9.47 Å². The third-order valence-corrected chi connectivity index (χ3v) is 8.29. The Morgan fingerprint density at radius 1 is 1.05 bits per heavy atom. The van der Waals surface area contributed by atoms with Gasteiger partial charge in [0.25, 0.3) is 5.91 Å². The lowest BCUT2D eigenvalue weighted by molar-refractivity contribution is -0.117. The number of anilines is 1. The van der Waals surface area contributed by atoms with Gasteiger partial charge in [0.2, 0.25) is 5.88 Å². The van der Waals surface area contributed by atoms with Gasteiger partial charge in [-0.1, -0.05) is 18.2 Å². The predicted octanol–water partition coefficient (Wildman–Crippen LogP) is 2.94. The number of sulfone groups is 1. The van der Waals surface area contributed by atoms with Gasteiger partial charge in [0.05, 0.1) is 18.0 Å². The zero-order chi connectivity index (χ0) is 27.5. The van der Waals surface area contributed by atoms with Crippen molar-refractivity contribution in [3.63, 3.8) is 0 Å². The van der Waals surface area contributed by atoms with Crippen LogP contribution in [0.2, 0.25) is 0 Å². The van der Waals surface area contributed by atoms with Gasteiger partial charge in [-0.25, -0.2) is 22.4 Å². The minimum absolute atomic E-state index is 0.0703. The zero-order valence-corrected chi connectivity index (χ0v) is 22.9. The Hall–Kier alpha value is -3.64. The minimum atomic E-state index is -3.85. The molecule has 4 rings (SSSR count). The molecule has 0 aliphatic carbocycles. The van der Waals surface area contributed by atoms with E-state index < -0.39 is 26.0 Å². The van der Waals surface area contributed by atoms with Gasteiger partial charge in [0.1, 0.15) is 28.7 Å². The molecule has 1 N–H and O–H groups in total. The van der Waals surface area contributed by atoms with Crippen LogP contribution in [-0.4, -0.2) is 52.9 Å². The summed E-state index contributed by atoms with van der Waals surface area (Å²) in [5, 5.41) is 0. The third-order valence-electron chi connectivity index (χ3n) is 5.85. The van der Waals surface area contributed by atoms with Crippen LogP contribution in [0.15, 0.2) is 54.6 Å². The predicted molar refractivity (Wildman–Crippen MR) is 144 cm³/mol. The maximum absolute atomic E-state index is 12.0. The van der Waals surface area contributed by atoms with Crippen LogP contribution in [-0.2, 0) is 31.4 Å². The van der Waals surface area contributed by atoms with E-state index in [1.165, 1.54) is 6.26 Å². The molecule has 2 heterocycles. The normalized spacial score (nSPS) is 14.8. The van der Waals surface area contributed by atoms with Gasteiger partial charge in [0.15, 0.2) is 0 Å². The molecule has 12 heteroatoms. The second-order valence-corrected chi connectivity index (χ2v) is 12.9. The van der Waals surface area contributed by atoms with Crippen molar-refractivity contribution in [2.45, 2.75) is 26.9 Å². The zero-order valence-electron chi connectivity index (χ0n) is 21.3. The van der Waals surface area contributed by atoms with Crippen LogP contribution < -0.4 is 18.5 Å². The van der Waals surface area contributed by atoms with E-state index in [0.29, 0.717) is 30.3 Å². The van der Waals surface area contributed by atoms with E-state index in [1.54, 1.807) is 24.3 Å². The van der Waals surface area contributed by atoms with E-state index in [-0.39, 0.29) is 18.9 Å². The molecule has 10 nitrogen and oxygen atoms in total. The van der Waals surface area contributed by atoms with Crippen LogP contribution in [0, 0.1) is 13.8 Å². The van der Waals surface area contributed by atoms with Crippen molar-refractivity contribution in [2.75, 3.05) is 29.5 Å². The first kappa shape index (κ1) is 27.4. The van der Waals surface area contributed by atoms with Crippen molar-refractivity contribution in [1.29, 1.82) is 0 Å². The van der Waals surface area contributed by atoms with Crippen LogP contribution >= 0.6 is 0 Å². The maximum Gasteiger partial charge on any atom is 0.326 e. The highest BCUT2D eigenvalue weighted by Crippen LogP contribution is 2.30. The summed E-state index contributed by atoms with van der Waals surface area (Å²) >= 11 is 0. The first-order valence-electron chi connectivity index (χ1n) is 11.9. The molecular formula is C26H29N3O7S2. The molecule has 3 aromatic rings. The first-order chi connectivity index (χ1) is 17.9. The van der Waals surface area contributed by atoms with Gasteiger partial charge in [-0.05, 0) is 67.3 Å². The molecular weight excluding hydrogens is 530 g/mol. The van der Waals surface area contributed by atoms with Crippen LogP contribution in [0.5, 0.6) is 11.6 Å². The molecule has 38 heavy (non-hydrogen) atoms. The van der Waals surface area contributed by atoms with Gasteiger partial charge < -0.3 is 9.47 Å². The number of nitrogens with one attached hydrogen (secondary N) is 1. The number of hydrogen-bond acceptors (Lipinski definition) is 8. The fourth-order valence-electron chi connectivity index (χ4n) is 4.17. The minimum Gasteiger partial charge on any atom is -0.489 e. The number of carbonyl (C=O) groups is 1. The molecule has 2 aromatic carbocycles. The highest BCUT2D eigenvalue weighted by atomic mass is 32.2. The molecule has 0 radical (unpaired) electrons. The summed E-state index contributed by atoms with van der Waals surface area (Å²) in [6.07, 6.45) is 1.61. The van der Waals surface area contributed by atoms with Crippen molar-refractivity contribution in [2.24, 2.45) is 0 Å². The van der Waals surface area contributed by atoms with Gasteiger partial charge >= 0.3 is 10.2 Å². The smallest absolute Gasteiger partial charge is 0.326 e. The number of aromatic nitrogens is 1. The topological polar surface area (TPSA) is 132 Å². The number of aryl methyl sites for hydroxylation is 2. The molecule has 1 aromatic heterocycles. The molecule has 0 unspecified atom stereocenters. The van der Waals surface area contributed by atoms with Crippen LogP contribution in [0.1, 0.15) is 23.2 Å². The summed E-state index contributed by atoms with van der Waals surface area (Å²) in [5.41, 5.74) is 5.04. The van der Waals surface area contributed by atoms with Crippen LogP contribution in [0.25, 0.3) is 11.1 Å². The first-order valence-corrected chi connectivity index (χ1v) is 15.4. The fraction of sp³-hybridized carbons (Fsp3) is 0.308. The van der Waals surface area contributed by atoms with Crippen molar-refractivity contribution < 1.29 is 31.1 Å². The van der Waals surface area contributed by atoms with Crippen molar-refractivity contribution in [3.8, 4) is 22.8 Å². The molecule has 1 saturated heterocycles. The Labute approximate surface area is 222 Å². The SMILES string of the molecule is Cc1cc(OCCCS(C)(=O)=O)nc(C)c1-c1cccc(COc2ccc(N3CC(=O)NS3(=O)=O)cc2)c1. The lowest BCUT2D eigenvalue weighted by Crippen LogP contribution is -2.29. The Kier molecular flexibility index (Phi) is 7.93. The lowest BCUT2D eigenvalue weighted by atomic mass is 9.98. The van der Waals surface area contributed by atoms with Crippen LogP contribution in [0.4, 0.5) is 5.69 Å². The van der Waals surface area contributed by atoms with E-state index in [9.17, 15) is 21.6 Å². The molecule has 1 amide bonds. The Balaban J connectivity index is 1.41. The summed E-state index contributed by atoms with van der Waals surface area (Å²) in [7, 11) is -6.88. The third kappa shape index (κ3) is 6.81. The van der Waals surface area contributed by atoms with Crippen molar-refractivity contribution in [3.05, 3.63) is 71.4 Å². The maximum atomic E-state index is 12.0. The fourth-order valence-corrected chi connectivity index (χ4v) is 5.96. The summed E-state index contributed by atoms with van der Waals surface area (Å²) < 4.78 is 61.1. The summed E-state index contributed by atoms with van der Waals surface area (Å²) in [6, 6.07) is 16.2. The summed E-state index contributed by atoms with van der Waals surface area (Å²) in [5.74, 6) is 0.516. The van der Waals surface area contributed by atoms with E-state index in [1.807, 2.05) is 48.9 Å². The Bertz CT molecular complexity index is 1530. The van der Waals surface area contributed by atoms with E-state index >= 15 is 0 Å². The standard InChI is InChI=1S/C26H29N3O7S2/c1-18-14-25(35-12-5-13-37(3,31)32)27-19(2)26(18)21-7-4-6-20(15-21)17-36-23-10-8-22(9-11-23)29-16-24(30)28-38(29,33)34/h4,6-11,14-15H,5,12-13,16-17H2,1-3H3,(H,28,30). The van der Waals surface area contributed by atoms with Gasteiger partial charge in [-0.3, -0.25) is 4.79 Å². The number of nitrogens with zero attached hydrogens (tertiary/aromatic N) is 2. The van der Waals surface area contributed by atoms with E-state index in [2.05, 4.69) is 4.98 Å². The second kappa shape index (κ2) is 11.0. The average molecular weight is 560 g/mol. The number of amides is 1. The van der Waals surface area contributed by atoms with Gasteiger partial charge in [0, 0.05) is 23.6 Å². The lowest BCUT2D eigenvalue weighted by Gasteiger charge is -2.15. The molecule has 202 valence electrons. The number of hydrogen-bond donors (Lipinski definition) is 1. The average Bonchev–Trinajstić information content (AvgIpc) is 3.12. The van der Waals surface area contributed by atoms with E-state index in [0.717, 1.165) is 32.3 Å². The summed E-state index contributed by atoms with van der Waals surface area (Å²) in [6.45, 7) is 4.19. The number of benzene rings is 2. The largest absolute Gasteiger partial charge is 0.489 e. The molecule has 0 atom stereocenters. The Morgan fingerprint density at radius 3 is 2.42 bits per heavy atom. The number of carbonyl (C=O) groups excluding carboxylic acids is 1. The number of pyridine rings is 1. The van der Waals surface area contributed by atoms with Gasteiger partial charge in [-0.2, -0.15) is 8.42 Å². The molecule has 1 aliphatic rings. The van der Waals surface area contributed by atoms with Crippen molar-refractivity contribution in [1.82, 2.24) is 9.71 Å². The molecule has 1 aliphatic heterocycles. The summed E-state index contributed by atoms with van der Waals surface area (Å²) in [4.78, 5) is 16.0. The molecule has 0 saturated carbocycles. The van der Waals surface area contributed by atoms with Gasteiger partial charge in [-0.15, -0.1) is 0 Å². The number of ether oxygens (including phenoxy) is 2. The molecule has 1 fully saturated rings.